The van der Waals surface area contributed by atoms with Gasteiger partial charge in [-0.25, -0.2) is 5.43 Å². The highest BCUT2D eigenvalue weighted by Gasteiger charge is 2.09. The molecule has 0 aliphatic carbocycles. The minimum atomic E-state index is -0.185. The summed E-state index contributed by atoms with van der Waals surface area (Å²) in [5, 5.41) is 13.0. The molecule has 3 rings (SSSR count). The van der Waals surface area contributed by atoms with Crippen LogP contribution in [0.25, 0.3) is 0 Å². The Bertz CT molecular complexity index is 977. The van der Waals surface area contributed by atoms with Gasteiger partial charge in [-0.05, 0) is 29.7 Å². The predicted molar refractivity (Wildman–Crippen MR) is 119 cm³/mol. The molecule has 0 atom stereocenters. The van der Waals surface area contributed by atoms with E-state index in [1.54, 1.807) is 18.0 Å². The third-order valence-electron chi connectivity index (χ3n) is 3.60. The number of hydrogen-bond acceptors (Lipinski definition) is 7. The highest BCUT2D eigenvalue weighted by Crippen LogP contribution is 2.32. The topological polar surface area (TPSA) is 67.2 Å². The Morgan fingerprint density at radius 3 is 2.64 bits per heavy atom. The van der Waals surface area contributed by atoms with Gasteiger partial charge in [0, 0.05) is 10.8 Å². The molecule has 0 saturated heterocycles. The van der Waals surface area contributed by atoms with Crippen LogP contribution in [0.15, 0.2) is 62.3 Å². The number of thioether (sulfide) groups is 2. The van der Waals surface area contributed by atoms with E-state index in [0.717, 1.165) is 36.1 Å². The van der Waals surface area contributed by atoms with Crippen LogP contribution in [-0.4, -0.2) is 28.1 Å². The monoisotopic (exact) mass is 448 g/mol. The summed E-state index contributed by atoms with van der Waals surface area (Å²) in [6.07, 6.45) is 1.65. The minimum Gasteiger partial charge on any atom is -0.272 e. The minimum absolute atomic E-state index is 0.185. The molecular formula is C19H17ClN4OS3. The average Bonchev–Trinajstić information content (AvgIpc) is 3.15. The van der Waals surface area contributed by atoms with Crippen molar-refractivity contribution in [1.29, 1.82) is 0 Å². The number of hydrazone groups is 1. The van der Waals surface area contributed by atoms with Crippen LogP contribution < -0.4 is 5.43 Å². The van der Waals surface area contributed by atoms with Crippen molar-refractivity contribution in [2.45, 2.75) is 21.4 Å². The van der Waals surface area contributed by atoms with Gasteiger partial charge in [-0.2, -0.15) is 5.10 Å². The van der Waals surface area contributed by atoms with Crippen LogP contribution in [0, 0.1) is 6.92 Å². The van der Waals surface area contributed by atoms with E-state index < -0.39 is 0 Å². The summed E-state index contributed by atoms with van der Waals surface area (Å²) in [6.45, 7) is 2.00. The number of nitrogens with zero attached hydrogens (tertiary/aromatic N) is 3. The predicted octanol–water partition coefficient (Wildman–Crippen LogP) is 5.03. The quantitative estimate of drug-likeness (QED) is 0.297. The summed E-state index contributed by atoms with van der Waals surface area (Å²) >= 11 is 10.6. The number of carbonyl (C=O) groups excluding carboxylic acids is 1. The van der Waals surface area contributed by atoms with E-state index >= 15 is 0 Å². The standard InChI is InChI=1S/C19H17ClN4OS3/c1-13-6-2-3-7-14(13)10-21-22-17(25)12-27-19-24-23-18(28-19)26-11-15-8-4-5-9-16(15)20/h2-10H,11-12H2,1H3,(H,22,25). The molecule has 1 N–H and O–H groups in total. The van der Waals surface area contributed by atoms with Gasteiger partial charge in [0.15, 0.2) is 8.68 Å². The van der Waals surface area contributed by atoms with Gasteiger partial charge in [0.25, 0.3) is 5.91 Å². The SMILES string of the molecule is Cc1ccccc1C=NNC(=O)CSc1nnc(SCc2ccccc2Cl)s1. The van der Waals surface area contributed by atoms with E-state index in [4.69, 9.17) is 11.6 Å². The molecule has 28 heavy (non-hydrogen) atoms. The molecule has 9 heteroatoms. The lowest BCUT2D eigenvalue weighted by Crippen LogP contribution is -2.19. The number of benzene rings is 2. The summed E-state index contributed by atoms with van der Waals surface area (Å²) in [4.78, 5) is 11.9. The molecule has 0 spiro atoms. The Balaban J connectivity index is 1.43. The molecule has 3 aromatic rings. The zero-order chi connectivity index (χ0) is 19.8. The molecule has 5 nitrogen and oxygen atoms in total. The zero-order valence-corrected chi connectivity index (χ0v) is 18.2. The van der Waals surface area contributed by atoms with Crippen LogP contribution >= 0.6 is 46.5 Å². The van der Waals surface area contributed by atoms with Gasteiger partial charge < -0.3 is 0 Å². The van der Waals surface area contributed by atoms with E-state index in [2.05, 4.69) is 20.7 Å². The van der Waals surface area contributed by atoms with Crippen molar-refractivity contribution in [3.8, 4) is 0 Å². The number of aryl methyl sites for hydroxylation is 1. The Morgan fingerprint density at radius 1 is 1.14 bits per heavy atom. The number of amides is 1. The first-order valence-corrected chi connectivity index (χ1v) is 11.5. The molecule has 0 radical (unpaired) electrons. The number of carbonyl (C=O) groups is 1. The van der Waals surface area contributed by atoms with E-state index in [9.17, 15) is 4.79 Å². The lowest BCUT2D eigenvalue weighted by molar-refractivity contribution is -0.118. The Morgan fingerprint density at radius 2 is 1.86 bits per heavy atom. The van der Waals surface area contributed by atoms with Crippen LogP contribution in [0.4, 0.5) is 0 Å². The molecule has 0 saturated carbocycles. The summed E-state index contributed by atoms with van der Waals surface area (Å²) in [5.41, 5.74) is 5.67. The molecule has 144 valence electrons. The summed E-state index contributed by atoms with van der Waals surface area (Å²) in [7, 11) is 0. The van der Waals surface area contributed by atoms with Crippen molar-refractivity contribution < 1.29 is 4.79 Å². The summed E-state index contributed by atoms with van der Waals surface area (Å²) in [6, 6.07) is 15.6. The maximum absolute atomic E-state index is 11.9. The first-order valence-electron chi connectivity index (χ1n) is 8.32. The van der Waals surface area contributed by atoms with Gasteiger partial charge >= 0.3 is 0 Å². The third kappa shape index (κ3) is 6.34. The number of aromatic nitrogens is 2. The fourth-order valence-electron chi connectivity index (χ4n) is 2.13. The molecule has 0 bridgehead atoms. The highest BCUT2D eigenvalue weighted by molar-refractivity contribution is 8.03. The third-order valence-corrected chi connectivity index (χ3v) is 7.21. The lowest BCUT2D eigenvalue weighted by atomic mass is 10.1. The second kappa shape index (κ2) is 10.6. The van der Waals surface area contributed by atoms with Crippen molar-refractivity contribution in [3.05, 3.63) is 70.2 Å². The maximum atomic E-state index is 11.9. The van der Waals surface area contributed by atoms with E-state index in [-0.39, 0.29) is 11.7 Å². The van der Waals surface area contributed by atoms with E-state index in [1.807, 2.05) is 55.5 Å². The fourth-order valence-corrected chi connectivity index (χ4v) is 5.23. The molecule has 2 aromatic carbocycles. The van der Waals surface area contributed by atoms with Crippen molar-refractivity contribution in [3.63, 3.8) is 0 Å². The van der Waals surface area contributed by atoms with Crippen LogP contribution in [0.1, 0.15) is 16.7 Å². The first kappa shape index (κ1) is 20.9. The van der Waals surface area contributed by atoms with Crippen LogP contribution in [0.2, 0.25) is 5.02 Å². The van der Waals surface area contributed by atoms with Crippen molar-refractivity contribution in [1.82, 2.24) is 15.6 Å². The Hall–Kier alpha value is -1.87. The molecule has 1 amide bonds. The van der Waals surface area contributed by atoms with E-state index in [1.165, 1.54) is 23.1 Å². The number of nitrogens with one attached hydrogen (secondary N) is 1. The molecule has 0 aliphatic rings. The maximum Gasteiger partial charge on any atom is 0.250 e. The van der Waals surface area contributed by atoms with Crippen LogP contribution in [0.3, 0.4) is 0 Å². The number of hydrogen-bond donors (Lipinski definition) is 1. The second-order valence-corrected chi connectivity index (χ2v) is 9.48. The van der Waals surface area contributed by atoms with Gasteiger partial charge in [0.1, 0.15) is 0 Å². The molecule has 0 fully saturated rings. The molecule has 0 aliphatic heterocycles. The second-order valence-electron chi connectivity index (χ2n) is 5.65. The van der Waals surface area contributed by atoms with Crippen LogP contribution in [0.5, 0.6) is 0 Å². The summed E-state index contributed by atoms with van der Waals surface area (Å²) < 4.78 is 1.60. The number of halogens is 1. The molecule has 0 unspecified atom stereocenters. The van der Waals surface area contributed by atoms with Crippen LogP contribution in [-0.2, 0) is 10.5 Å². The fraction of sp³-hybridized carbons (Fsp3) is 0.158. The highest BCUT2D eigenvalue weighted by atomic mass is 35.5. The number of rotatable bonds is 8. The Labute approximate surface area is 181 Å². The molecule has 1 heterocycles. The van der Waals surface area contributed by atoms with Gasteiger partial charge in [-0.3, -0.25) is 4.79 Å². The van der Waals surface area contributed by atoms with Gasteiger partial charge in [-0.1, -0.05) is 88.9 Å². The van der Waals surface area contributed by atoms with Crippen molar-refractivity contribution in [2.75, 3.05) is 5.75 Å². The summed E-state index contributed by atoms with van der Waals surface area (Å²) in [5.74, 6) is 0.775. The largest absolute Gasteiger partial charge is 0.272 e. The smallest absolute Gasteiger partial charge is 0.250 e. The average molecular weight is 449 g/mol. The van der Waals surface area contributed by atoms with Gasteiger partial charge in [-0.15, -0.1) is 10.2 Å². The zero-order valence-electron chi connectivity index (χ0n) is 15.0. The Kier molecular flexibility index (Phi) is 7.90. The molecular weight excluding hydrogens is 432 g/mol. The van der Waals surface area contributed by atoms with Gasteiger partial charge in [0.05, 0.1) is 12.0 Å². The molecule has 1 aromatic heterocycles. The normalized spacial score (nSPS) is 11.1. The first-order chi connectivity index (χ1) is 13.6. The van der Waals surface area contributed by atoms with Crippen molar-refractivity contribution in [2.24, 2.45) is 5.10 Å². The van der Waals surface area contributed by atoms with Gasteiger partial charge in [0.2, 0.25) is 0 Å². The lowest BCUT2D eigenvalue weighted by Gasteiger charge is -2.00. The van der Waals surface area contributed by atoms with E-state index in [0.29, 0.717) is 0 Å². The van der Waals surface area contributed by atoms with Crippen molar-refractivity contribution >= 4 is 58.6 Å².